The molecule has 0 unspecified atom stereocenters. The van der Waals surface area contributed by atoms with Gasteiger partial charge in [-0.05, 0) is 12.1 Å². The van der Waals surface area contributed by atoms with Crippen LogP contribution < -0.4 is 10.5 Å². The molecule has 0 aliphatic carbocycles. The summed E-state index contributed by atoms with van der Waals surface area (Å²) in [6.45, 7) is 4.43. The first kappa shape index (κ1) is 16.4. The molecule has 2 aromatic rings. The Balaban J connectivity index is 2.11. The number of hydrogen-bond donors (Lipinski definition) is 1. The predicted octanol–water partition coefficient (Wildman–Crippen LogP) is 2.27. The topological polar surface area (TPSA) is 83.0 Å². The van der Waals surface area contributed by atoms with E-state index in [1.807, 2.05) is 16.7 Å². The normalized spacial score (nSPS) is 10.4. The number of thioether (sulfide) groups is 1. The maximum absolute atomic E-state index is 10.9. The zero-order valence-corrected chi connectivity index (χ0v) is 13.3. The molecule has 2 rings (SSSR count). The van der Waals surface area contributed by atoms with Gasteiger partial charge in [0.05, 0.1) is 10.8 Å². The Hall–Kier alpha value is -1.99. The standard InChI is InChI=1S/C14H15ClN4O2S/c1-2-7-19-13(17-18-14(19)22-9-12(16)20)8-21-11-6-4-3-5-10(11)15/h2-6H,1,7-9H2,(H2,16,20). The van der Waals surface area contributed by atoms with Crippen molar-refractivity contribution in [3.05, 3.63) is 47.8 Å². The van der Waals surface area contributed by atoms with Crippen molar-refractivity contribution in [2.45, 2.75) is 18.3 Å². The number of ether oxygens (including phenoxy) is 1. The molecule has 0 radical (unpaired) electrons. The molecule has 2 N–H and O–H groups in total. The summed E-state index contributed by atoms with van der Waals surface area (Å²) in [7, 11) is 0. The molecule has 1 aromatic heterocycles. The van der Waals surface area contributed by atoms with Gasteiger partial charge in [-0.25, -0.2) is 0 Å². The quantitative estimate of drug-likeness (QED) is 0.589. The molecule has 22 heavy (non-hydrogen) atoms. The number of amides is 1. The lowest BCUT2D eigenvalue weighted by molar-refractivity contribution is -0.115. The number of hydrogen-bond acceptors (Lipinski definition) is 5. The van der Waals surface area contributed by atoms with Gasteiger partial charge in [0, 0.05) is 6.54 Å². The maximum Gasteiger partial charge on any atom is 0.227 e. The summed E-state index contributed by atoms with van der Waals surface area (Å²) in [5.74, 6) is 0.920. The van der Waals surface area contributed by atoms with Crippen LogP contribution in [0.3, 0.4) is 0 Å². The van der Waals surface area contributed by atoms with Crippen molar-refractivity contribution in [1.82, 2.24) is 14.8 Å². The van der Waals surface area contributed by atoms with Gasteiger partial charge in [-0.3, -0.25) is 9.36 Å². The molecular formula is C14H15ClN4O2S. The molecule has 0 aliphatic rings. The molecule has 0 saturated carbocycles. The van der Waals surface area contributed by atoms with Crippen LogP contribution in [0.25, 0.3) is 0 Å². The minimum Gasteiger partial charge on any atom is -0.484 e. The average Bonchev–Trinajstić information content (AvgIpc) is 2.87. The van der Waals surface area contributed by atoms with Crippen molar-refractivity contribution in [3.8, 4) is 5.75 Å². The number of aromatic nitrogens is 3. The Morgan fingerprint density at radius 1 is 1.45 bits per heavy atom. The third kappa shape index (κ3) is 4.25. The summed E-state index contributed by atoms with van der Waals surface area (Å²) in [4.78, 5) is 10.9. The number of para-hydroxylation sites is 1. The molecule has 0 atom stereocenters. The summed E-state index contributed by atoms with van der Waals surface area (Å²) in [5, 5.41) is 9.25. The van der Waals surface area contributed by atoms with Crippen LogP contribution >= 0.6 is 23.4 Å². The van der Waals surface area contributed by atoms with Crippen molar-refractivity contribution < 1.29 is 9.53 Å². The minimum absolute atomic E-state index is 0.140. The van der Waals surface area contributed by atoms with Gasteiger partial charge in [-0.1, -0.05) is 41.6 Å². The van der Waals surface area contributed by atoms with Crippen LogP contribution in [0.2, 0.25) is 5.02 Å². The molecule has 0 saturated heterocycles. The predicted molar refractivity (Wildman–Crippen MR) is 85.9 cm³/mol. The van der Waals surface area contributed by atoms with Crippen LogP contribution in [0.5, 0.6) is 5.75 Å². The number of benzene rings is 1. The second-order valence-electron chi connectivity index (χ2n) is 4.27. The summed E-state index contributed by atoms with van der Waals surface area (Å²) in [5.41, 5.74) is 5.15. The SMILES string of the molecule is C=CCn1c(COc2ccccc2Cl)nnc1SCC(N)=O. The molecule has 1 aromatic carbocycles. The molecule has 0 aliphatic heterocycles. The van der Waals surface area contributed by atoms with E-state index in [0.717, 1.165) is 0 Å². The first-order valence-electron chi connectivity index (χ1n) is 6.43. The number of rotatable bonds is 8. The van der Waals surface area contributed by atoms with Crippen LogP contribution in [-0.4, -0.2) is 26.4 Å². The smallest absolute Gasteiger partial charge is 0.227 e. The molecule has 8 heteroatoms. The summed E-state index contributed by atoms with van der Waals surface area (Å²) in [6.07, 6.45) is 1.72. The van der Waals surface area contributed by atoms with Gasteiger partial charge >= 0.3 is 0 Å². The highest BCUT2D eigenvalue weighted by molar-refractivity contribution is 7.99. The highest BCUT2D eigenvalue weighted by Crippen LogP contribution is 2.24. The van der Waals surface area contributed by atoms with E-state index >= 15 is 0 Å². The summed E-state index contributed by atoms with van der Waals surface area (Å²) < 4.78 is 7.48. The second kappa shape index (κ2) is 7.86. The summed E-state index contributed by atoms with van der Waals surface area (Å²) >= 11 is 7.27. The van der Waals surface area contributed by atoms with Crippen LogP contribution in [-0.2, 0) is 17.9 Å². The van der Waals surface area contributed by atoms with E-state index in [0.29, 0.717) is 28.3 Å². The molecule has 1 amide bonds. The fourth-order valence-electron chi connectivity index (χ4n) is 1.68. The van der Waals surface area contributed by atoms with E-state index < -0.39 is 5.91 Å². The number of primary amides is 1. The van der Waals surface area contributed by atoms with Crippen LogP contribution in [0, 0.1) is 0 Å². The van der Waals surface area contributed by atoms with E-state index in [4.69, 9.17) is 22.1 Å². The maximum atomic E-state index is 10.9. The number of halogens is 1. The zero-order chi connectivity index (χ0) is 15.9. The van der Waals surface area contributed by atoms with E-state index in [-0.39, 0.29) is 12.4 Å². The monoisotopic (exact) mass is 338 g/mol. The van der Waals surface area contributed by atoms with Gasteiger partial charge in [-0.2, -0.15) is 0 Å². The first-order valence-corrected chi connectivity index (χ1v) is 7.79. The third-order valence-electron chi connectivity index (χ3n) is 2.64. The van der Waals surface area contributed by atoms with Crippen molar-refractivity contribution in [3.63, 3.8) is 0 Å². The van der Waals surface area contributed by atoms with Crippen molar-refractivity contribution in [1.29, 1.82) is 0 Å². The minimum atomic E-state index is -0.410. The lowest BCUT2D eigenvalue weighted by Gasteiger charge is -2.09. The van der Waals surface area contributed by atoms with E-state index in [1.54, 1.807) is 18.2 Å². The fourth-order valence-corrected chi connectivity index (χ4v) is 2.58. The number of allylic oxidation sites excluding steroid dienone is 1. The van der Waals surface area contributed by atoms with Gasteiger partial charge < -0.3 is 10.5 Å². The highest BCUT2D eigenvalue weighted by Gasteiger charge is 2.13. The van der Waals surface area contributed by atoms with Crippen LogP contribution in [0.4, 0.5) is 0 Å². The second-order valence-corrected chi connectivity index (χ2v) is 5.62. The Labute approximate surface area is 137 Å². The Morgan fingerprint density at radius 3 is 2.91 bits per heavy atom. The third-order valence-corrected chi connectivity index (χ3v) is 3.94. The molecule has 6 nitrogen and oxygen atoms in total. The molecule has 1 heterocycles. The fraction of sp³-hybridized carbons (Fsp3) is 0.214. The number of nitrogens with zero attached hydrogens (tertiary/aromatic N) is 3. The molecule has 0 spiro atoms. The van der Waals surface area contributed by atoms with E-state index in [1.165, 1.54) is 11.8 Å². The number of carbonyl (C=O) groups excluding carboxylic acids is 1. The van der Waals surface area contributed by atoms with Gasteiger partial charge in [0.1, 0.15) is 12.4 Å². The van der Waals surface area contributed by atoms with Crippen molar-refractivity contribution >= 4 is 29.3 Å². The van der Waals surface area contributed by atoms with Gasteiger partial charge in [-0.15, -0.1) is 16.8 Å². The molecule has 116 valence electrons. The van der Waals surface area contributed by atoms with Gasteiger partial charge in [0.25, 0.3) is 0 Å². The Morgan fingerprint density at radius 2 is 2.23 bits per heavy atom. The number of carbonyl (C=O) groups is 1. The summed E-state index contributed by atoms with van der Waals surface area (Å²) in [6, 6.07) is 7.19. The average molecular weight is 339 g/mol. The molecule has 0 bridgehead atoms. The molecule has 0 fully saturated rings. The van der Waals surface area contributed by atoms with Gasteiger partial charge in [0.2, 0.25) is 5.91 Å². The van der Waals surface area contributed by atoms with Crippen molar-refractivity contribution in [2.75, 3.05) is 5.75 Å². The molecular weight excluding hydrogens is 324 g/mol. The largest absolute Gasteiger partial charge is 0.484 e. The number of nitrogens with two attached hydrogens (primary N) is 1. The first-order chi connectivity index (χ1) is 10.6. The van der Waals surface area contributed by atoms with E-state index in [2.05, 4.69) is 16.8 Å². The Bertz CT molecular complexity index is 675. The lowest BCUT2D eigenvalue weighted by atomic mass is 10.3. The van der Waals surface area contributed by atoms with Crippen molar-refractivity contribution in [2.24, 2.45) is 5.73 Å². The van der Waals surface area contributed by atoms with Crippen LogP contribution in [0.15, 0.2) is 42.1 Å². The van der Waals surface area contributed by atoms with E-state index in [9.17, 15) is 4.79 Å². The zero-order valence-electron chi connectivity index (χ0n) is 11.7. The highest BCUT2D eigenvalue weighted by atomic mass is 35.5. The van der Waals surface area contributed by atoms with Gasteiger partial charge in [0.15, 0.2) is 11.0 Å². The lowest BCUT2D eigenvalue weighted by Crippen LogP contribution is -2.14. The Kier molecular flexibility index (Phi) is 5.85. The van der Waals surface area contributed by atoms with Crippen LogP contribution in [0.1, 0.15) is 5.82 Å².